The Kier molecular flexibility index (Phi) is 5.12. The summed E-state index contributed by atoms with van der Waals surface area (Å²) in [5.74, 6) is -0.359. The average molecular weight is 391 g/mol. The Hall–Kier alpha value is -3.48. The van der Waals surface area contributed by atoms with Gasteiger partial charge in [-0.3, -0.25) is 9.89 Å². The van der Waals surface area contributed by atoms with Crippen molar-refractivity contribution in [3.63, 3.8) is 0 Å². The molecular weight excluding hydrogens is 369 g/mol. The SMILES string of the molecule is Cc1cccc2nc(C(=O)N(C)CCCc3cc(-c4ccc(F)cc4)n[nH]3)cn12. The number of halogens is 1. The minimum atomic E-state index is -0.266. The molecule has 0 bridgehead atoms. The fourth-order valence-electron chi connectivity index (χ4n) is 3.31. The van der Waals surface area contributed by atoms with E-state index in [1.54, 1.807) is 30.3 Å². The molecule has 7 heteroatoms. The van der Waals surface area contributed by atoms with Gasteiger partial charge in [-0.1, -0.05) is 6.07 Å². The molecule has 0 atom stereocenters. The Morgan fingerprint density at radius 1 is 1.21 bits per heavy atom. The van der Waals surface area contributed by atoms with Gasteiger partial charge >= 0.3 is 0 Å². The molecule has 4 aromatic rings. The summed E-state index contributed by atoms with van der Waals surface area (Å²) in [7, 11) is 1.79. The van der Waals surface area contributed by atoms with E-state index in [0.717, 1.165) is 41.1 Å². The molecule has 148 valence electrons. The van der Waals surface area contributed by atoms with Crippen molar-refractivity contribution in [3.8, 4) is 11.3 Å². The van der Waals surface area contributed by atoms with Gasteiger partial charge in [-0.15, -0.1) is 0 Å². The number of fused-ring (bicyclic) bond motifs is 1. The smallest absolute Gasteiger partial charge is 0.273 e. The van der Waals surface area contributed by atoms with Crippen LogP contribution in [0.5, 0.6) is 0 Å². The first kappa shape index (κ1) is 18.9. The zero-order chi connectivity index (χ0) is 20.4. The summed E-state index contributed by atoms with van der Waals surface area (Å²) in [6, 6.07) is 14.0. The van der Waals surface area contributed by atoms with Crippen LogP contribution in [0.4, 0.5) is 4.39 Å². The number of carbonyl (C=O) groups is 1. The molecule has 4 rings (SSSR count). The van der Waals surface area contributed by atoms with Crippen LogP contribution in [0.25, 0.3) is 16.9 Å². The lowest BCUT2D eigenvalue weighted by Crippen LogP contribution is -2.28. The second-order valence-electron chi connectivity index (χ2n) is 7.14. The number of aryl methyl sites for hydroxylation is 2. The molecule has 0 aliphatic rings. The molecule has 3 aromatic heterocycles. The molecule has 1 aromatic carbocycles. The van der Waals surface area contributed by atoms with Gasteiger partial charge in [-0.2, -0.15) is 5.10 Å². The van der Waals surface area contributed by atoms with E-state index in [2.05, 4.69) is 15.2 Å². The Morgan fingerprint density at radius 2 is 2.00 bits per heavy atom. The maximum atomic E-state index is 13.1. The van der Waals surface area contributed by atoms with E-state index in [1.165, 1.54) is 12.1 Å². The van der Waals surface area contributed by atoms with Crippen molar-refractivity contribution in [2.75, 3.05) is 13.6 Å². The molecule has 0 saturated carbocycles. The number of imidazole rings is 1. The Labute approximate surface area is 168 Å². The van der Waals surface area contributed by atoms with Gasteiger partial charge in [0.1, 0.15) is 17.2 Å². The normalized spacial score (nSPS) is 11.1. The number of nitrogens with zero attached hydrogens (tertiary/aromatic N) is 4. The first-order valence-corrected chi connectivity index (χ1v) is 9.51. The molecule has 0 unspecified atom stereocenters. The average Bonchev–Trinajstić information content (AvgIpc) is 3.36. The zero-order valence-corrected chi connectivity index (χ0v) is 16.4. The van der Waals surface area contributed by atoms with Crippen LogP contribution in [-0.2, 0) is 6.42 Å². The minimum Gasteiger partial charge on any atom is -0.340 e. The Morgan fingerprint density at radius 3 is 2.76 bits per heavy atom. The van der Waals surface area contributed by atoms with Crippen LogP contribution in [0.2, 0.25) is 0 Å². The van der Waals surface area contributed by atoms with Gasteiger partial charge in [0.05, 0.1) is 5.69 Å². The van der Waals surface area contributed by atoms with E-state index in [4.69, 9.17) is 0 Å². The van der Waals surface area contributed by atoms with E-state index in [9.17, 15) is 9.18 Å². The van der Waals surface area contributed by atoms with Gasteiger partial charge < -0.3 is 9.30 Å². The third kappa shape index (κ3) is 4.03. The van der Waals surface area contributed by atoms with Crippen LogP contribution in [0, 0.1) is 12.7 Å². The lowest BCUT2D eigenvalue weighted by Gasteiger charge is -2.15. The molecule has 1 N–H and O–H groups in total. The number of aromatic amines is 1. The van der Waals surface area contributed by atoms with E-state index < -0.39 is 0 Å². The van der Waals surface area contributed by atoms with Gasteiger partial charge in [-0.25, -0.2) is 9.37 Å². The van der Waals surface area contributed by atoms with E-state index in [-0.39, 0.29) is 11.7 Å². The Bertz CT molecular complexity index is 1150. The maximum absolute atomic E-state index is 13.1. The first-order chi connectivity index (χ1) is 14.0. The molecule has 0 spiro atoms. The van der Waals surface area contributed by atoms with Gasteiger partial charge in [0.25, 0.3) is 5.91 Å². The topological polar surface area (TPSA) is 66.3 Å². The van der Waals surface area contributed by atoms with E-state index >= 15 is 0 Å². The number of nitrogens with one attached hydrogen (secondary N) is 1. The predicted molar refractivity (Wildman–Crippen MR) is 109 cm³/mol. The summed E-state index contributed by atoms with van der Waals surface area (Å²) in [5, 5.41) is 7.30. The van der Waals surface area contributed by atoms with Crippen LogP contribution in [0.1, 0.15) is 28.3 Å². The van der Waals surface area contributed by atoms with E-state index in [0.29, 0.717) is 12.2 Å². The van der Waals surface area contributed by atoms with Crippen molar-refractivity contribution >= 4 is 11.6 Å². The summed E-state index contributed by atoms with van der Waals surface area (Å²) in [6.45, 7) is 2.59. The predicted octanol–water partition coefficient (Wildman–Crippen LogP) is 3.88. The minimum absolute atomic E-state index is 0.0929. The van der Waals surface area contributed by atoms with Crippen LogP contribution >= 0.6 is 0 Å². The highest BCUT2D eigenvalue weighted by Crippen LogP contribution is 2.18. The van der Waals surface area contributed by atoms with Gasteiger partial charge in [-0.05, 0) is 62.2 Å². The molecule has 6 nitrogen and oxygen atoms in total. The van der Waals surface area contributed by atoms with Crippen molar-refractivity contribution in [1.82, 2.24) is 24.5 Å². The summed E-state index contributed by atoms with van der Waals surface area (Å²) in [5.41, 5.74) is 4.88. The fraction of sp³-hybridized carbons (Fsp3) is 0.227. The molecule has 0 radical (unpaired) electrons. The number of hydrogen-bond acceptors (Lipinski definition) is 3. The highest BCUT2D eigenvalue weighted by molar-refractivity contribution is 5.92. The molecule has 1 amide bonds. The first-order valence-electron chi connectivity index (χ1n) is 9.51. The van der Waals surface area contributed by atoms with Crippen molar-refractivity contribution in [1.29, 1.82) is 0 Å². The standard InChI is InChI=1S/C22H22FN5O/c1-15-5-3-7-21-24-20(14-28(15)21)22(29)27(2)12-4-6-18-13-19(26-25-18)16-8-10-17(23)11-9-16/h3,5,7-11,13-14H,4,6,12H2,1-2H3,(H,25,26). The van der Waals surface area contributed by atoms with Crippen LogP contribution in [0.15, 0.2) is 54.7 Å². The highest BCUT2D eigenvalue weighted by Gasteiger charge is 2.16. The van der Waals surface area contributed by atoms with Crippen LogP contribution in [-0.4, -0.2) is 44.0 Å². The number of benzene rings is 1. The number of carbonyl (C=O) groups excluding carboxylic acids is 1. The Balaban J connectivity index is 1.34. The fourth-order valence-corrected chi connectivity index (χ4v) is 3.31. The van der Waals surface area contributed by atoms with Crippen molar-refractivity contribution in [3.05, 3.63) is 77.6 Å². The number of hydrogen-bond donors (Lipinski definition) is 1. The second-order valence-corrected chi connectivity index (χ2v) is 7.14. The molecule has 3 heterocycles. The molecule has 0 aliphatic heterocycles. The van der Waals surface area contributed by atoms with E-state index in [1.807, 2.05) is 35.6 Å². The van der Waals surface area contributed by atoms with Gasteiger partial charge in [0.15, 0.2) is 0 Å². The quantitative estimate of drug-likeness (QED) is 0.542. The van der Waals surface area contributed by atoms with Crippen molar-refractivity contribution in [2.24, 2.45) is 0 Å². The zero-order valence-electron chi connectivity index (χ0n) is 16.4. The van der Waals surface area contributed by atoms with Gasteiger partial charge in [0.2, 0.25) is 0 Å². The lowest BCUT2D eigenvalue weighted by molar-refractivity contribution is 0.0788. The lowest BCUT2D eigenvalue weighted by atomic mass is 10.1. The largest absolute Gasteiger partial charge is 0.340 e. The van der Waals surface area contributed by atoms with Crippen molar-refractivity contribution in [2.45, 2.75) is 19.8 Å². The number of pyridine rings is 1. The van der Waals surface area contributed by atoms with Gasteiger partial charge in [0, 0.05) is 36.7 Å². The second kappa shape index (κ2) is 7.87. The summed E-state index contributed by atoms with van der Waals surface area (Å²) < 4.78 is 15.0. The molecule has 0 aliphatic carbocycles. The number of H-pyrrole nitrogens is 1. The third-order valence-electron chi connectivity index (χ3n) is 4.97. The summed E-state index contributed by atoms with van der Waals surface area (Å²) >= 11 is 0. The number of aromatic nitrogens is 4. The third-order valence-corrected chi connectivity index (χ3v) is 4.97. The molecule has 29 heavy (non-hydrogen) atoms. The van der Waals surface area contributed by atoms with Crippen LogP contribution < -0.4 is 0 Å². The maximum Gasteiger partial charge on any atom is 0.273 e. The van der Waals surface area contributed by atoms with Crippen LogP contribution in [0.3, 0.4) is 0 Å². The molecular formula is C22H22FN5O. The molecule has 0 fully saturated rings. The number of rotatable bonds is 6. The number of amides is 1. The monoisotopic (exact) mass is 391 g/mol. The highest BCUT2D eigenvalue weighted by atomic mass is 19.1. The molecule has 0 saturated heterocycles. The summed E-state index contributed by atoms with van der Waals surface area (Å²) in [4.78, 5) is 18.8. The summed E-state index contributed by atoms with van der Waals surface area (Å²) in [6.07, 6.45) is 3.34. The van der Waals surface area contributed by atoms with Crippen molar-refractivity contribution < 1.29 is 9.18 Å².